The van der Waals surface area contributed by atoms with E-state index < -0.39 is 22.5 Å². The number of anilines is 1. The van der Waals surface area contributed by atoms with Crippen molar-refractivity contribution < 1.29 is 17.9 Å². The second-order valence-corrected chi connectivity index (χ2v) is 10.3. The molecular weight excluding hydrogens is 500 g/mol. The van der Waals surface area contributed by atoms with Crippen LogP contribution in [0.2, 0.25) is 5.02 Å². The first-order valence-corrected chi connectivity index (χ1v) is 12.9. The number of carbonyl (C=O) groups excluding carboxylic acids is 1. The maximum Gasteiger partial charge on any atom is 0.264 e. The quantitative estimate of drug-likeness (QED) is 0.351. The summed E-state index contributed by atoms with van der Waals surface area (Å²) in [5, 5.41) is 3.07. The summed E-state index contributed by atoms with van der Waals surface area (Å²) in [5.74, 6) is -0.0771. The van der Waals surface area contributed by atoms with Crippen molar-refractivity contribution in [2.24, 2.45) is 0 Å². The van der Waals surface area contributed by atoms with Crippen LogP contribution in [0.4, 0.5) is 5.69 Å². The fourth-order valence-corrected chi connectivity index (χ4v) is 5.32. The summed E-state index contributed by atoms with van der Waals surface area (Å²) in [7, 11) is -2.60. The molecule has 1 heterocycles. The van der Waals surface area contributed by atoms with Gasteiger partial charge in [-0.1, -0.05) is 47.5 Å². The first kappa shape index (κ1) is 25.3. The number of benzene rings is 3. The molecule has 0 aliphatic rings. The topological polar surface area (TPSA) is 93.5 Å². The molecule has 0 unspecified atom stereocenters. The van der Waals surface area contributed by atoms with E-state index in [0.29, 0.717) is 5.75 Å². The van der Waals surface area contributed by atoms with Crippen molar-refractivity contribution in [1.82, 2.24) is 14.9 Å². The van der Waals surface area contributed by atoms with Crippen LogP contribution in [0.1, 0.15) is 11.1 Å². The number of imidazole rings is 1. The highest BCUT2D eigenvalue weighted by molar-refractivity contribution is 7.92. The van der Waals surface area contributed by atoms with Gasteiger partial charge in [-0.05, 0) is 48.9 Å². The maximum absolute atomic E-state index is 13.6. The third-order valence-corrected chi connectivity index (χ3v) is 7.65. The van der Waals surface area contributed by atoms with E-state index in [4.69, 9.17) is 16.3 Å². The van der Waals surface area contributed by atoms with Gasteiger partial charge in [-0.3, -0.25) is 9.10 Å². The number of aryl methyl sites for hydroxylation is 1. The first-order chi connectivity index (χ1) is 17.3. The molecule has 0 saturated carbocycles. The van der Waals surface area contributed by atoms with Crippen LogP contribution in [0.5, 0.6) is 5.75 Å². The van der Waals surface area contributed by atoms with Crippen molar-refractivity contribution in [2.75, 3.05) is 18.0 Å². The van der Waals surface area contributed by atoms with Gasteiger partial charge in [0, 0.05) is 18.9 Å². The highest BCUT2D eigenvalue weighted by Crippen LogP contribution is 2.32. The Labute approximate surface area is 215 Å². The number of aromatic nitrogens is 2. The molecule has 0 radical (unpaired) electrons. The van der Waals surface area contributed by atoms with Gasteiger partial charge in [0.1, 0.15) is 12.3 Å². The van der Waals surface area contributed by atoms with Gasteiger partial charge in [-0.15, -0.1) is 0 Å². The Morgan fingerprint density at radius 1 is 1.11 bits per heavy atom. The molecule has 0 spiro atoms. The van der Waals surface area contributed by atoms with Gasteiger partial charge >= 0.3 is 0 Å². The Bertz CT molecular complexity index is 1460. The van der Waals surface area contributed by atoms with Crippen LogP contribution < -0.4 is 14.4 Å². The van der Waals surface area contributed by atoms with Gasteiger partial charge in [0.25, 0.3) is 10.0 Å². The molecule has 1 N–H and O–H groups in total. The predicted molar refractivity (Wildman–Crippen MR) is 139 cm³/mol. The molecule has 4 rings (SSSR count). The van der Waals surface area contributed by atoms with Gasteiger partial charge < -0.3 is 14.6 Å². The number of halogens is 1. The van der Waals surface area contributed by atoms with Crippen molar-refractivity contribution in [3.8, 4) is 11.4 Å². The summed E-state index contributed by atoms with van der Waals surface area (Å²) < 4.78 is 35.3. The van der Waals surface area contributed by atoms with Crippen LogP contribution in [0.15, 0.2) is 90.3 Å². The number of hydrogen-bond acceptors (Lipinski definition) is 5. The van der Waals surface area contributed by atoms with Gasteiger partial charge in [0.2, 0.25) is 5.91 Å². The molecule has 10 heteroatoms. The molecule has 36 heavy (non-hydrogen) atoms. The Kier molecular flexibility index (Phi) is 7.61. The molecule has 1 amide bonds. The number of methoxy groups -OCH3 is 1. The van der Waals surface area contributed by atoms with Crippen molar-refractivity contribution >= 4 is 33.2 Å². The lowest BCUT2D eigenvalue weighted by Crippen LogP contribution is -2.40. The summed E-state index contributed by atoms with van der Waals surface area (Å²) in [6.07, 6.45) is 5.15. The number of nitrogens with one attached hydrogen (secondary N) is 1. The molecule has 0 saturated heterocycles. The molecule has 8 nitrogen and oxygen atoms in total. The van der Waals surface area contributed by atoms with Crippen LogP contribution in [-0.4, -0.2) is 37.5 Å². The summed E-state index contributed by atoms with van der Waals surface area (Å²) in [6.45, 7) is 1.63. The molecule has 1 aromatic heterocycles. The van der Waals surface area contributed by atoms with E-state index in [9.17, 15) is 13.2 Å². The second-order valence-electron chi connectivity index (χ2n) is 8.02. The molecule has 0 bridgehead atoms. The molecule has 0 aliphatic heterocycles. The summed E-state index contributed by atoms with van der Waals surface area (Å²) in [5.41, 5.74) is 2.88. The molecule has 0 aliphatic carbocycles. The number of hydrogen-bond donors (Lipinski definition) is 1. The summed E-state index contributed by atoms with van der Waals surface area (Å²) in [6, 6.07) is 18.6. The summed E-state index contributed by atoms with van der Waals surface area (Å²) in [4.78, 5) is 17.2. The Hall–Kier alpha value is -3.82. The molecule has 0 atom stereocenters. The average Bonchev–Trinajstić information content (AvgIpc) is 3.41. The molecule has 3 aromatic carbocycles. The Morgan fingerprint density at radius 3 is 2.53 bits per heavy atom. The highest BCUT2D eigenvalue weighted by atomic mass is 35.5. The minimum Gasteiger partial charge on any atom is -0.495 e. The fourth-order valence-electron chi connectivity index (χ4n) is 3.66. The third-order valence-electron chi connectivity index (χ3n) is 5.57. The number of amides is 1. The zero-order valence-electron chi connectivity index (χ0n) is 19.8. The smallest absolute Gasteiger partial charge is 0.264 e. The van der Waals surface area contributed by atoms with E-state index in [-0.39, 0.29) is 22.2 Å². The highest BCUT2D eigenvalue weighted by Gasteiger charge is 2.28. The zero-order chi connectivity index (χ0) is 25.7. The van der Waals surface area contributed by atoms with Crippen LogP contribution in [0.25, 0.3) is 5.69 Å². The van der Waals surface area contributed by atoms with Crippen molar-refractivity contribution in [2.45, 2.75) is 18.4 Å². The first-order valence-electron chi connectivity index (χ1n) is 11.1. The second kappa shape index (κ2) is 10.8. The summed E-state index contributed by atoms with van der Waals surface area (Å²) >= 11 is 6.28. The van der Waals surface area contributed by atoms with E-state index >= 15 is 0 Å². The number of sulfonamides is 1. The van der Waals surface area contributed by atoms with E-state index in [1.54, 1.807) is 36.8 Å². The van der Waals surface area contributed by atoms with E-state index in [2.05, 4.69) is 10.3 Å². The van der Waals surface area contributed by atoms with Crippen LogP contribution >= 0.6 is 11.6 Å². The number of nitrogens with zero attached hydrogens (tertiary/aromatic N) is 3. The minimum atomic E-state index is -4.07. The van der Waals surface area contributed by atoms with E-state index in [1.807, 2.05) is 42.0 Å². The molecular formula is C26H25ClN4O4S. The Morgan fingerprint density at radius 2 is 1.86 bits per heavy atom. The lowest BCUT2D eigenvalue weighted by molar-refractivity contribution is -0.119. The predicted octanol–water partition coefficient (Wildman–Crippen LogP) is 4.35. The van der Waals surface area contributed by atoms with Gasteiger partial charge in [0.15, 0.2) is 0 Å². The van der Waals surface area contributed by atoms with Crippen LogP contribution in [0.3, 0.4) is 0 Å². The van der Waals surface area contributed by atoms with Gasteiger partial charge in [-0.2, -0.15) is 0 Å². The number of para-hydroxylation sites is 1. The molecule has 186 valence electrons. The number of ether oxygens (including phenoxy) is 1. The minimum absolute atomic E-state index is 0.0679. The number of rotatable bonds is 9. The Balaban J connectivity index is 1.61. The fraction of sp³-hybridized carbons (Fsp3) is 0.154. The lowest BCUT2D eigenvalue weighted by atomic mass is 10.1. The van der Waals surface area contributed by atoms with Crippen molar-refractivity contribution in [3.63, 3.8) is 0 Å². The van der Waals surface area contributed by atoms with Crippen LogP contribution in [-0.2, 0) is 21.4 Å². The van der Waals surface area contributed by atoms with Crippen molar-refractivity contribution in [1.29, 1.82) is 0 Å². The largest absolute Gasteiger partial charge is 0.495 e. The van der Waals surface area contributed by atoms with E-state index in [0.717, 1.165) is 21.1 Å². The third kappa shape index (κ3) is 5.53. The average molecular weight is 525 g/mol. The van der Waals surface area contributed by atoms with Gasteiger partial charge in [0.05, 0.1) is 34.7 Å². The van der Waals surface area contributed by atoms with Gasteiger partial charge in [-0.25, -0.2) is 13.4 Å². The SMILES string of the molecule is COc1ccc(N(CC(=O)NCc2ccccc2-n2ccnc2)S(=O)(=O)c2ccc(C)cc2)cc1Cl. The van der Waals surface area contributed by atoms with E-state index in [1.165, 1.54) is 25.3 Å². The standard InChI is InChI=1S/C26H25ClN4O4S/c1-19-7-10-22(11-8-19)36(33,34)31(21-9-12-25(35-2)23(27)15-21)17-26(32)29-16-20-5-3-4-6-24(20)30-14-13-28-18-30/h3-15,18H,16-17H2,1-2H3,(H,29,32). The van der Waals surface area contributed by atoms with Crippen LogP contribution in [0, 0.1) is 6.92 Å². The normalized spacial score (nSPS) is 11.2. The monoisotopic (exact) mass is 524 g/mol. The lowest BCUT2D eigenvalue weighted by Gasteiger charge is -2.25. The zero-order valence-corrected chi connectivity index (χ0v) is 21.3. The molecule has 4 aromatic rings. The maximum atomic E-state index is 13.6. The number of carbonyl (C=O) groups is 1. The van der Waals surface area contributed by atoms with Crippen molar-refractivity contribution in [3.05, 3.63) is 102 Å². The molecule has 0 fully saturated rings.